The number of rotatable bonds is 15. The number of carbonyl (C=O) groups is 1. The molecule has 146 valence electrons. The number of aromatic nitrogens is 1. The SMILES string of the molecule is CCCCCCCCCCCCOc1ccc(=O)[nH]c1/C=C/CC(=O)O. The highest BCUT2D eigenvalue weighted by Gasteiger charge is 2.02. The van der Waals surface area contributed by atoms with E-state index in [2.05, 4.69) is 11.9 Å². The van der Waals surface area contributed by atoms with Crippen LogP contribution in [-0.2, 0) is 4.79 Å². The molecule has 0 unspecified atom stereocenters. The summed E-state index contributed by atoms with van der Waals surface area (Å²) in [4.78, 5) is 24.7. The summed E-state index contributed by atoms with van der Waals surface area (Å²) in [5.41, 5.74) is 0.289. The Labute approximate surface area is 156 Å². The summed E-state index contributed by atoms with van der Waals surface area (Å²) in [5.74, 6) is -0.325. The molecule has 0 aliphatic rings. The van der Waals surface area contributed by atoms with Crippen molar-refractivity contribution in [2.45, 2.75) is 77.6 Å². The van der Waals surface area contributed by atoms with Crippen LogP contribution in [0.5, 0.6) is 5.75 Å². The van der Waals surface area contributed by atoms with Crippen molar-refractivity contribution in [1.82, 2.24) is 4.98 Å². The van der Waals surface area contributed by atoms with Gasteiger partial charge in [-0.2, -0.15) is 0 Å². The lowest BCUT2D eigenvalue weighted by Crippen LogP contribution is -2.08. The number of pyridine rings is 1. The highest BCUT2D eigenvalue weighted by atomic mass is 16.5. The van der Waals surface area contributed by atoms with Gasteiger partial charge in [-0.15, -0.1) is 0 Å². The van der Waals surface area contributed by atoms with Crippen molar-refractivity contribution >= 4 is 12.0 Å². The molecule has 0 spiro atoms. The largest absolute Gasteiger partial charge is 0.491 e. The quantitative estimate of drug-likeness (QED) is 0.422. The number of ether oxygens (including phenoxy) is 1. The van der Waals surface area contributed by atoms with Crippen LogP contribution in [0.4, 0.5) is 0 Å². The van der Waals surface area contributed by atoms with E-state index < -0.39 is 5.97 Å². The van der Waals surface area contributed by atoms with E-state index in [1.165, 1.54) is 63.5 Å². The van der Waals surface area contributed by atoms with Crippen molar-refractivity contribution in [2.24, 2.45) is 0 Å². The first-order valence-electron chi connectivity index (χ1n) is 9.88. The first-order valence-corrected chi connectivity index (χ1v) is 9.88. The fourth-order valence-corrected chi connectivity index (χ4v) is 2.78. The van der Waals surface area contributed by atoms with Gasteiger partial charge in [0, 0.05) is 6.07 Å². The van der Waals surface area contributed by atoms with E-state index in [0.29, 0.717) is 18.1 Å². The molecule has 5 nitrogen and oxygen atoms in total. The normalized spacial score (nSPS) is 11.1. The number of unbranched alkanes of at least 4 members (excludes halogenated alkanes) is 9. The third-order valence-corrected chi connectivity index (χ3v) is 4.24. The maximum absolute atomic E-state index is 11.4. The molecule has 0 aliphatic heterocycles. The molecular weight excluding hydrogens is 330 g/mol. The summed E-state index contributed by atoms with van der Waals surface area (Å²) in [7, 11) is 0. The Bertz CT molecular complexity index is 592. The highest BCUT2D eigenvalue weighted by molar-refractivity contribution is 5.70. The maximum atomic E-state index is 11.4. The molecule has 0 amide bonds. The molecule has 0 saturated carbocycles. The lowest BCUT2D eigenvalue weighted by Gasteiger charge is -2.09. The number of carboxylic acids is 1. The van der Waals surface area contributed by atoms with Crippen LogP contribution in [0.3, 0.4) is 0 Å². The van der Waals surface area contributed by atoms with Crippen LogP contribution in [-0.4, -0.2) is 22.7 Å². The molecule has 0 saturated heterocycles. The summed E-state index contributed by atoms with van der Waals surface area (Å²) in [6.45, 7) is 2.84. The zero-order chi connectivity index (χ0) is 19.0. The lowest BCUT2D eigenvalue weighted by molar-refractivity contribution is -0.135. The summed E-state index contributed by atoms with van der Waals surface area (Å²) in [5, 5.41) is 8.68. The van der Waals surface area contributed by atoms with Crippen molar-refractivity contribution in [3.05, 3.63) is 34.3 Å². The van der Waals surface area contributed by atoms with E-state index in [1.807, 2.05) is 0 Å². The number of aromatic amines is 1. The average molecular weight is 363 g/mol. The van der Waals surface area contributed by atoms with Crippen molar-refractivity contribution in [1.29, 1.82) is 0 Å². The Kier molecular flexibility index (Phi) is 12.0. The van der Waals surface area contributed by atoms with Gasteiger partial charge in [0.2, 0.25) is 5.56 Å². The van der Waals surface area contributed by atoms with Crippen molar-refractivity contribution in [3.63, 3.8) is 0 Å². The third-order valence-electron chi connectivity index (χ3n) is 4.24. The zero-order valence-electron chi connectivity index (χ0n) is 16.0. The Morgan fingerprint density at radius 3 is 2.27 bits per heavy atom. The molecule has 1 rings (SSSR count). The predicted octanol–water partition coefficient (Wildman–Crippen LogP) is 5.16. The first kappa shape index (κ1) is 22.0. The second-order valence-electron chi connectivity index (χ2n) is 6.63. The molecule has 26 heavy (non-hydrogen) atoms. The Balaban J connectivity index is 2.21. The van der Waals surface area contributed by atoms with Gasteiger partial charge in [-0.25, -0.2) is 0 Å². The van der Waals surface area contributed by atoms with E-state index in [-0.39, 0.29) is 12.0 Å². The lowest BCUT2D eigenvalue weighted by atomic mass is 10.1. The van der Waals surface area contributed by atoms with Gasteiger partial charge in [0.15, 0.2) is 0 Å². The van der Waals surface area contributed by atoms with Crippen LogP contribution in [0.2, 0.25) is 0 Å². The summed E-state index contributed by atoms with van der Waals surface area (Å²) < 4.78 is 5.75. The molecular formula is C21H33NO4. The monoisotopic (exact) mass is 363 g/mol. The van der Waals surface area contributed by atoms with E-state index in [1.54, 1.807) is 12.1 Å². The average Bonchev–Trinajstić information content (AvgIpc) is 2.61. The molecule has 1 heterocycles. The van der Waals surface area contributed by atoms with Gasteiger partial charge in [0.05, 0.1) is 18.7 Å². The van der Waals surface area contributed by atoms with Gasteiger partial charge in [-0.3, -0.25) is 9.59 Å². The second-order valence-corrected chi connectivity index (χ2v) is 6.63. The van der Waals surface area contributed by atoms with Crippen LogP contribution < -0.4 is 10.3 Å². The van der Waals surface area contributed by atoms with Crippen molar-refractivity contribution in [2.75, 3.05) is 6.61 Å². The molecule has 0 atom stereocenters. The van der Waals surface area contributed by atoms with Gasteiger partial charge in [0.25, 0.3) is 0 Å². The number of hydrogen-bond donors (Lipinski definition) is 2. The first-order chi connectivity index (χ1) is 12.6. The number of hydrogen-bond acceptors (Lipinski definition) is 3. The van der Waals surface area contributed by atoms with Crippen LogP contribution >= 0.6 is 0 Å². The minimum atomic E-state index is -0.910. The highest BCUT2D eigenvalue weighted by Crippen LogP contribution is 2.17. The minimum Gasteiger partial charge on any atom is -0.491 e. The molecule has 0 radical (unpaired) electrons. The van der Waals surface area contributed by atoms with Gasteiger partial charge in [0.1, 0.15) is 5.75 Å². The number of nitrogens with one attached hydrogen (secondary N) is 1. The standard InChI is InChI=1S/C21H33NO4/c1-2-3-4-5-6-7-8-9-10-11-17-26-19-15-16-20(23)22-18(19)13-12-14-21(24)25/h12-13,15-16H,2-11,14,17H2,1H3,(H,22,23)(H,24,25)/b13-12+. The van der Waals surface area contributed by atoms with Crippen LogP contribution in [0.1, 0.15) is 83.2 Å². The number of carboxylic acid groups (broad SMARTS) is 1. The zero-order valence-corrected chi connectivity index (χ0v) is 16.0. The molecule has 0 bridgehead atoms. The van der Waals surface area contributed by atoms with Crippen molar-refractivity contribution in [3.8, 4) is 5.75 Å². The second kappa shape index (κ2) is 14.2. The molecule has 0 fully saturated rings. The summed E-state index contributed by atoms with van der Waals surface area (Å²) in [6, 6.07) is 3.05. The van der Waals surface area contributed by atoms with Crippen molar-refractivity contribution < 1.29 is 14.6 Å². The molecule has 2 N–H and O–H groups in total. The number of aliphatic carboxylic acids is 1. The molecule has 0 aromatic carbocycles. The topological polar surface area (TPSA) is 79.4 Å². The molecule has 0 aliphatic carbocycles. The Hall–Kier alpha value is -2.04. The molecule has 1 aromatic heterocycles. The fourth-order valence-electron chi connectivity index (χ4n) is 2.78. The Morgan fingerprint density at radius 2 is 1.65 bits per heavy atom. The maximum Gasteiger partial charge on any atom is 0.307 e. The van der Waals surface area contributed by atoms with Gasteiger partial charge < -0.3 is 14.8 Å². The Morgan fingerprint density at radius 1 is 1.04 bits per heavy atom. The van der Waals surface area contributed by atoms with Gasteiger partial charge in [-0.05, 0) is 18.6 Å². The molecule has 5 heteroatoms. The summed E-state index contributed by atoms with van der Waals surface area (Å²) in [6.07, 6.45) is 15.7. The fraction of sp³-hybridized carbons (Fsp3) is 0.619. The summed E-state index contributed by atoms with van der Waals surface area (Å²) >= 11 is 0. The van der Waals surface area contributed by atoms with Gasteiger partial charge in [-0.1, -0.05) is 70.8 Å². The van der Waals surface area contributed by atoms with E-state index in [4.69, 9.17) is 9.84 Å². The van der Waals surface area contributed by atoms with Crippen LogP contribution in [0.25, 0.3) is 6.08 Å². The van der Waals surface area contributed by atoms with Crippen LogP contribution in [0, 0.1) is 0 Å². The van der Waals surface area contributed by atoms with E-state index >= 15 is 0 Å². The van der Waals surface area contributed by atoms with Gasteiger partial charge >= 0.3 is 5.97 Å². The van der Waals surface area contributed by atoms with E-state index in [9.17, 15) is 9.59 Å². The molecule has 1 aromatic rings. The smallest absolute Gasteiger partial charge is 0.307 e. The van der Waals surface area contributed by atoms with Crippen LogP contribution in [0.15, 0.2) is 23.0 Å². The third kappa shape index (κ3) is 10.7. The number of H-pyrrole nitrogens is 1. The van der Waals surface area contributed by atoms with E-state index in [0.717, 1.165) is 12.8 Å². The predicted molar refractivity (Wildman–Crippen MR) is 106 cm³/mol. The minimum absolute atomic E-state index is 0.0885.